The van der Waals surface area contributed by atoms with Crippen molar-refractivity contribution in [2.75, 3.05) is 0 Å². The summed E-state index contributed by atoms with van der Waals surface area (Å²) in [7, 11) is -1.91. The average Bonchev–Trinajstić information content (AvgIpc) is 2.54. The smallest absolute Gasteiger partial charge is 0.250 e. The summed E-state index contributed by atoms with van der Waals surface area (Å²) in [5.41, 5.74) is 9.68. The first-order chi connectivity index (χ1) is 11.7. The highest BCUT2D eigenvalue weighted by Crippen LogP contribution is 2.40. The fourth-order valence-electron chi connectivity index (χ4n) is 2.90. The van der Waals surface area contributed by atoms with Crippen LogP contribution in [0.4, 0.5) is 0 Å². The van der Waals surface area contributed by atoms with Crippen molar-refractivity contribution in [3.05, 3.63) is 65.2 Å². The summed E-state index contributed by atoms with van der Waals surface area (Å²) >= 11 is 0. The van der Waals surface area contributed by atoms with Gasteiger partial charge < -0.3 is 10.2 Å². The van der Waals surface area contributed by atoms with Crippen molar-refractivity contribution < 1.29 is 4.43 Å². The number of fused-ring (bicyclic) bond motifs is 1. The lowest BCUT2D eigenvalue weighted by molar-refractivity contribution is 0.481. The fraction of sp³-hybridized carbons (Fsp3) is 0.381. The SMILES string of the molecule is CC(C)(C)[Si](C)(C)Oc1ccccc1C1Cc2ccccc2C(N)=N1.Cl. The molecular formula is C21H29ClN2OSi. The van der Waals surface area contributed by atoms with E-state index in [9.17, 15) is 0 Å². The number of nitrogens with two attached hydrogens (primary N) is 1. The fourth-order valence-corrected chi connectivity index (χ4v) is 3.94. The van der Waals surface area contributed by atoms with E-state index in [-0.39, 0.29) is 23.5 Å². The molecular weight excluding hydrogens is 360 g/mol. The second kappa shape index (κ2) is 7.45. The zero-order chi connectivity index (χ0) is 18.2. The number of nitrogens with zero attached hydrogens (tertiary/aromatic N) is 1. The molecule has 1 unspecified atom stereocenters. The molecule has 3 nitrogen and oxygen atoms in total. The number of halogens is 1. The minimum absolute atomic E-state index is 0. The van der Waals surface area contributed by atoms with E-state index in [0.717, 1.165) is 23.3 Å². The lowest BCUT2D eigenvalue weighted by atomic mass is 9.92. The minimum Gasteiger partial charge on any atom is -0.543 e. The summed E-state index contributed by atoms with van der Waals surface area (Å²) in [5.74, 6) is 1.57. The first kappa shape index (κ1) is 20.5. The summed E-state index contributed by atoms with van der Waals surface area (Å²) in [6, 6.07) is 16.6. The molecule has 5 heteroatoms. The molecule has 0 radical (unpaired) electrons. The summed E-state index contributed by atoms with van der Waals surface area (Å²) < 4.78 is 6.60. The number of para-hydroxylation sites is 1. The van der Waals surface area contributed by atoms with Crippen molar-refractivity contribution >= 4 is 26.6 Å². The van der Waals surface area contributed by atoms with Gasteiger partial charge in [-0.1, -0.05) is 63.2 Å². The summed E-state index contributed by atoms with van der Waals surface area (Å²) in [6.45, 7) is 11.3. The molecule has 1 heterocycles. The van der Waals surface area contributed by atoms with Crippen LogP contribution in [0.3, 0.4) is 0 Å². The highest BCUT2D eigenvalue weighted by molar-refractivity contribution is 6.74. The largest absolute Gasteiger partial charge is 0.543 e. The number of hydrogen-bond acceptors (Lipinski definition) is 3. The Morgan fingerprint density at radius 3 is 2.35 bits per heavy atom. The Hall–Kier alpha value is -1.78. The maximum atomic E-state index is 6.60. The second-order valence-electron chi connectivity index (χ2n) is 8.29. The van der Waals surface area contributed by atoms with Crippen molar-refractivity contribution in [1.29, 1.82) is 0 Å². The topological polar surface area (TPSA) is 47.6 Å². The van der Waals surface area contributed by atoms with Crippen LogP contribution in [-0.4, -0.2) is 14.2 Å². The van der Waals surface area contributed by atoms with E-state index in [1.807, 2.05) is 18.2 Å². The Labute approximate surface area is 164 Å². The molecule has 140 valence electrons. The number of hydrogen-bond donors (Lipinski definition) is 1. The Kier molecular flexibility index (Phi) is 5.88. The lowest BCUT2D eigenvalue weighted by Gasteiger charge is -2.37. The summed E-state index contributed by atoms with van der Waals surface area (Å²) in [6.07, 6.45) is 0.856. The lowest BCUT2D eigenvalue weighted by Crippen LogP contribution is -2.44. The van der Waals surface area contributed by atoms with Gasteiger partial charge in [0.15, 0.2) is 0 Å². The predicted octanol–water partition coefficient (Wildman–Crippen LogP) is 5.50. The predicted molar refractivity (Wildman–Crippen MR) is 115 cm³/mol. The summed E-state index contributed by atoms with van der Waals surface area (Å²) in [5, 5.41) is 0.154. The van der Waals surface area contributed by atoms with Crippen molar-refractivity contribution in [3.8, 4) is 5.75 Å². The molecule has 0 spiro atoms. The minimum atomic E-state index is -1.91. The van der Waals surface area contributed by atoms with Gasteiger partial charge in [0, 0.05) is 11.1 Å². The quantitative estimate of drug-likeness (QED) is 0.706. The van der Waals surface area contributed by atoms with E-state index in [2.05, 4.69) is 64.2 Å². The van der Waals surface area contributed by atoms with Gasteiger partial charge in [0.05, 0.1) is 6.04 Å². The van der Waals surface area contributed by atoms with Gasteiger partial charge in [-0.2, -0.15) is 0 Å². The van der Waals surface area contributed by atoms with Gasteiger partial charge in [0.2, 0.25) is 8.32 Å². The van der Waals surface area contributed by atoms with Gasteiger partial charge in [-0.15, -0.1) is 12.4 Å². The first-order valence-corrected chi connectivity index (χ1v) is 11.8. The monoisotopic (exact) mass is 388 g/mol. The van der Waals surface area contributed by atoms with Crippen LogP contribution in [0.2, 0.25) is 18.1 Å². The van der Waals surface area contributed by atoms with E-state index in [1.54, 1.807) is 0 Å². The van der Waals surface area contributed by atoms with Crippen molar-refractivity contribution in [2.45, 2.75) is 51.4 Å². The first-order valence-electron chi connectivity index (χ1n) is 8.88. The van der Waals surface area contributed by atoms with Crippen LogP contribution >= 0.6 is 12.4 Å². The van der Waals surface area contributed by atoms with Gasteiger partial charge in [0.1, 0.15) is 11.6 Å². The van der Waals surface area contributed by atoms with E-state index in [0.29, 0.717) is 5.84 Å². The average molecular weight is 389 g/mol. The summed E-state index contributed by atoms with van der Waals surface area (Å²) in [4.78, 5) is 4.78. The van der Waals surface area contributed by atoms with Crippen LogP contribution in [0.25, 0.3) is 0 Å². The highest BCUT2D eigenvalue weighted by Gasteiger charge is 2.39. The molecule has 0 amide bonds. The Bertz CT molecular complexity index is 812. The van der Waals surface area contributed by atoms with Crippen molar-refractivity contribution in [3.63, 3.8) is 0 Å². The van der Waals surface area contributed by atoms with Crippen molar-refractivity contribution in [2.24, 2.45) is 10.7 Å². The van der Waals surface area contributed by atoms with Gasteiger partial charge in [0.25, 0.3) is 0 Å². The molecule has 1 aliphatic rings. The van der Waals surface area contributed by atoms with Crippen LogP contribution in [0.15, 0.2) is 53.5 Å². The van der Waals surface area contributed by atoms with Gasteiger partial charge in [-0.05, 0) is 36.2 Å². The molecule has 0 aromatic heterocycles. The van der Waals surface area contributed by atoms with Crippen LogP contribution in [-0.2, 0) is 6.42 Å². The molecule has 0 bridgehead atoms. The van der Waals surface area contributed by atoms with Gasteiger partial charge in [-0.25, -0.2) is 0 Å². The molecule has 2 aromatic rings. The van der Waals surface area contributed by atoms with E-state index in [4.69, 9.17) is 15.2 Å². The van der Waals surface area contributed by atoms with E-state index in [1.165, 1.54) is 5.56 Å². The van der Waals surface area contributed by atoms with E-state index >= 15 is 0 Å². The molecule has 0 aliphatic carbocycles. The molecule has 0 saturated carbocycles. The third-order valence-electron chi connectivity index (χ3n) is 5.45. The van der Waals surface area contributed by atoms with E-state index < -0.39 is 8.32 Å². The molecule has 2 aromatic carbocycles. The molecule has 0 fully saturated rings. The van der Waals surface area contributed by atoms with Crippen LogP contribution in [0.5, 0.6) is 5.75 Å². The zero-order valence-electron chi connectivity index (χ0n) is 16.2. The second-order valence-corrected chi connectivity index (χ2v) is 13.0. The highest BCUT2D eigenvalue weighted by atomic mass is 35.5. The number of amidine groups is 1. The molecule has 0 saturated heterocycles. The van der Waals surface area contributed by atoms with Gasteiger partial charge in [-0.3, -0.25) is 4.99 Å². The standard InChI is InChI=1S/C21H28N2OSi.ClH/c1-21(2,3)25(4,5)24-19-13-9-8-12-17(19)18-14-15-10-6-7-11-16(15)20(22)23-18;/h6-13,18H,14H2,1-5H3,(H2,22,23);1H. The zero-order valence-corrected chi connectivity index (χ0v) is 18.1. The van der Waals surface area contributed by atoms with Crippen LogP contribution in [0.1, 0.15) is 43.5 Å². The third-order valence-corrected chi connectivity index (χ3v) is 9.79. The van der Waals surface area contributed by atoms with Crippen molar-refractivity contribution in [1.82, 2.24) is 0 Å². The molecule has 1 aliphatic heterocycles. The van der Waals surface area contributed by atoms with Crippen LogP contribution < -0.4 is 10.2 Å². The Morgan fingerprint density at radius 2 is 1.65 bits per heavy atom. The third kappa shape index (κ3) is 3.97. The Morgan fingerprint density at radius 1 is 1.04 bits per heavy atom. The molecule has 3 rings (SSSR count). The van der Waals surface area contributed by atoms with Gasteiger partial charge >= 0.3 is 0 Å². The maximum Gasteiger partial charge on any atom is 0.250 e. The number of benzene rings is 2. The molecule has 2 N–H and O–H groups in total. The number of rotatable bonds is 3. The number of aliphatic imine (C=N–C) groups is 1. The normalized spacial score (nSPS) is 17.0. The molecule has 26 heavy (non-hydrogen) atoms. The maximum absolute atomic E-state index is 6.60. The Balaban J connectivity index is 0.00000243. The molecule has 1 atom stereocenters. The van der Waals surface area contributed by atoms with Crippen LogP contribution in [0, 0.1) is 0 Å².